The fourth-order valence-corrected chi connectivity index (χ4v) is 7.11. The summed E-state index contributed by atoms with van der Waals surface area (Å²) in [6.07, 6.45) is -2.56. The van der Waals surface area contributed by atoms with Crippen LogP contribution in [0.5, 0.6) is 0 Å². The highest BCUT2D eigenvalue weighted by Gasteiger charge is 2.46. The molecule has 2 N–H and O–H groups in total. The first-order valence-electron chi connectivity index (χ1n) is 20.6. The molecule has 19 heteroatoms. The van der Waals surface area contributed by atoms with E-state index in [4.69, 9.17) is 29.5 Å². The zero-order valence-corrected chi connectivity index (χ0v) is 36.3. The van der Waals surface area contributed by atoms with Crippen LogP contribution in [0.15, 0.2) is 59.8 Å². The Morgan fingerprint density at radius 3 is 2.31 bits per heavy atom. The molecule has 0 radical (unpaired) electrons. The number of nitrogens with zero attached hydrogens (tertiary/aromatic N) is 7. The minimum Gasteiger partial charge on any atom is -0.444 e. The number of ether oxygens (including phenoxy) is 4. The number of carbonyl (C=O) groups is 3. The Kier molecular flexibility index (Phi) is 18.6. The predicted octanol–water partition coefficient (Wildman–Crippen LogP) is 6.22. The Morgan fingerprint density at radius 1 is 1.00 bits per heavy atom. The summed E-state index contributed by atoms with van der Waals surface area (Å²) in [6, 6.07) is 11.0. The van der Waals surface area contributed by atoms with Gasteiger partial charge in [-0.25, -0.2) is 22.9 Å². The molecule has 0 bridgehead atoms. The summed E-state index contributed by atoms with van der Waals surface area (Å²) < 4.78 is 69.5. The second-order valence-electron chi connectivity index (χ2n) is 16.8. The number of azide groups is 1. The number of halogens is 3. The molecular weight excluding hydrogens is 814 g/mol. The Morgan fingerprint density at radius 2 is 1.66 bits per heavy atom. The standard InChI is InChI=1S/C43H59F3N8O8/c1-29(55)40(57)54(26-31-25-53(27-35(31)46)41(58)62-42(2,3)4)38(43(5,6)23-37(56)48-14-16-59-18-20-61-21-19-60-17-15-49-51-47)39-50-36(33-22-32(44)12-13-34(33)45)28-52(39)24-30-10-8-7-9-11-30/h7-13,22,28-29,31,35,38,55H,14-21,23-27H2,1-6H3,(H,48,56)/t29-,31?,35?,38-/m0/s1. The van der Waals surface area contributed by atoms with E-state index >= 15 is 8.78 Å². The number of aliphatic hydroxyl groups is 1. The molecule has 2 heterocycles. The topological polar surface area (TPSA) is 193 Å². The average molecular weight is 873 g/mol. The third-order valence-electron chi connectivity index (χ3n) is 9.92. The van der Waals surface area contributed by atoms with Crippen molar-refractivity contribution in [3.8, 4) is 11.3 Å². The van der Waals surface area contributed by atoms with Crippen LogP contribution in [-0.4, -0.2) is 133 Å². The zero-order chi connectivity index (χ0) is 45.5. The molecule has 2 aromatic carbocycles. The summed E-state index contributed by atoms with van der Waals surface area (Å²) in [5.74, 6) is -3.43. The maximum absolute atomic E-state index is 16.0. The first-order valence-corrected chi connectivity index (χ1v) is 20.6. The number of hydrogen-bond acceptors (Lipinski definition) is 10. The molecule has 62 heavy (non-hydrogen) atoms. The molecule has 1 aliphatic rings. The van der Waals surface area contributed by atoms with Gasteiger partial charge in [-0.1, -0.05) is 49.3 Å². The van der Waals surface area contributed by atoms with Gasteiger partial charge in [0.2, 0.25) is 5.91 Å². The van der Waals surface area contributed by atoms with E-state index in [1.54, 1.807) is 39.2 Å². The normalized spacial score (nSPS) is 16.4. The quantitative estimate of drug-likeness (QED) is 0.0481. The highest BCUT2D eigenvalue weighted by Crippen LogP contribution is 2.43. The molecule has 0 aliphatic carbocycles. The number of carbonyl (C=O) groups excluding carboxylic acids is 3. The predicted molar refractivity (Wildman–Crippen MR) is 223 cm³/mol. The molecule has 16 nitrogen and oxygen atoms in total. The van der Waals surface area contributed by atoms with Crippen LogP contribution in [0.25, 0.3) is 21.7 Å². The van der Waals surface area contributed by atoms with Gasteiger partial charge in [0.25, 0.3) is 5.91 Å². The van der Waals surface area contributed by atoms with Crippen molar-refractivity contribution >= 4 is 17.9 Å². The highest BCUT2D eigenvalue weighted by molar-refractivity contribution is 5.81. The molecule has 4 rings (SSSR count). The Labute approximate surface area is 360 Å². The summed E-state index contributed by atoms with van der Waals surface area (Å²) in [6.45, 7) is 11.3. The molecule has 4 atom stereocenters. The van der Waals surface area contributed by atoms with Crippen molar-refractivity contribution in [1.82, 2.24) is 24.7 Å². The largest absolute Gasteiger partial charge is 0.444 e. The highest BCUT2D eigenvalue weighted by atomic mass is 19.1. The van der Waals surface area contributed by atoms with E-state index in [1.807, 2.05) is 30.3 Å². The number of amides is 3. The van der Waals surface area contributed by atoms with Gasteiger partial charge in [0.05, 0.1) is 57.9 Å². The number of nitrogens with one attached hydrogen (secondary N) is 1. The van der Waals surface area contributed by atoms with Crippen LogP contribution in [0.4, 0.5) is 18.0 Å². The van der Waals surface area contributed by atoms with Gasteiger partial charge in [-0.05, 0) is 57.0 Å². The summed E-state index contributed by atoms with van der Waals surface area (Å²) in [5, 5.41) is 17.1. The molecule has 2 unspecified atom stereocenters. The van der Waals surface area contributed by atoms with Gasteiger partial charge in [0.15, 0.2) is 0 Å². The lowest BCUT2D eigenvalue weighted by atomic mass is 9.78. The number of alkyl halides is 1. The Hall–Kier alpha value is -5.20. The molecule has 0 spiro atoms. The maximum Gasteiger partial charge on any atom is 0.410 e. The Balaban J connectivity index is 1.64. The first kappa shape index (κ1) is 49.5. The van der Waals surface area contributed by atoms with Crippen molar-refractivity contribution in [3.05, 3.63) is 88.2 Å². The van der Waals surface area contributed by atoms with Crippen molar-refractivity contribution in [2.45, 2.75) is 78.4 Å². The summed E-state index contributed by atoms with van der Waals surface area (Å²) >= 11 is 0. The number of benzene rings is 2. The van der Waals surface area contributed by atoms with Crippen LogP contribution in [-0.2, 0) is 35.1 Å². The second-order valence-corrected chi connectivity index (χ2v) is 16.8. The molecular formula is C43H59F3N8O8. The molecule has 340 valence electrons. The van der Waals surface area contributed by atoms with Crippen LogP contribution < -0.4 is 5.32 Å². The number of aliphatic hydroxyl groups excluding tert-OH is 1. The minimum absolute atomic E-state index is 0.0435. The van der Waals surface area contributed by atoms with Crippen molar-refractivity contribution in [3.63, 3.8) is 0 Å². The van der Waals surface area contributed by atoms with Crippen LogP contribution in [0, 0.1) is 23.0 Å². The van der Waals surface area contributed by atoms with Gasteiger partial charge >= 0.3 is 6.09 Å². The van der Waals surface area contributed by atoms with Gasteiger partial charge in [-0.15, -0.1) is 0 Å². The molecule has 1 fully saturated rings. The van der Waals surface area contributed by atoms with Crippen molar-refractivity contribution in [2.75, 3.05) is 72.4 Å². The van der Waals surface area contributed by atoms with Gasteiger partial charge in [0, 0.05) is 67.1 Å². The van der Waals surface area contributed by atoms with Gasteiger partial charge in [0.1, 0.15) is 35.3 Å². The number of imidazole rings is 1. The fraction of sp³-hybridized carbons (Fsp3) is 0.581. The third-order valence-corrected chi connectivity index (χ3v) is 9.92. The van der Waals surface area contributed by atoms with Gasteiger partial charge < -0.3 is 43.7 Å². The lowest BCUT2D eigenvalue weighted by Crippen LogP contribution is -2.50. The monoisotopic (exact) mass is 872 g/mol. The fourth-order valence-electron chi connectivity index (χ4n) is 7.11. The van der Waals surface area contributed by atoms with Gasteiger partial charge in [-0.2, -0.15) is 0 Å². The average Bonchev–Trinajstić information content (AvgIpc) is 3.78. The molecule has 3 aromatic rings. The van der Waals surface area contributed by atoms with Gasteiger partial charge in [-0.3, -0.25) is 9.59 Å². The van der Waals surface area contributed by atoms with Crippen LogP contribution >= 0.6 is 0 Å². The Bertz CT molecular complexity index is 1970. The molecule has 3 amide bonds. The van der Waals surface area contributed by atoms with Crippen LogP contribution in [0.2, 0.25) is 0 Å². The summed E-state index contributed by atoms with van der Waals surface area (Å²) in [5.41, 5.74) is 6.93. The van der Waals surface area contributed by atoms with E-state index in [2.05, 4.69) is 15.3 Å². The third kappa shape index (κ3) is 15.0. The van der Waals surface area contributed by atoms with Crippen molar-refractivity contribution < 1.29 is 51.6 Å². The van der Waals surface area contributed by atoms with Crippen molar-refractivity contribution in [2.24, 2.45) is 16.4 Å². The molecule has 1 aromatic heterocycles. The molecule has 1 aliphatic heterocycles. The SMILES string of the molecule is C[C@H](O)C(=O)N(CC1CN(C(=O)OC(C)(C)C)CC1F)[C@@H](c1nc(-c2cc(F)ccc2F)cn1Cc1ccccc1)C(C)(C)CC(=O)NCCOCCOCCOCCN=[N+]=[N-]. The maximum atomic E-state index is 16.0. The van der Waals surface area contributed by atoms with E-state index in [9.17, 15) is 23.9 Å². The second kappa shape index (κ2) is 23.3. The smallest absolute Gasteiger partial charge is 0.410 e. The van der Waals surface area contributed by atoms with Crippen molar-refractivity contribution in [1.29, 1.82) is 0 Å². The van der Waals surface area contributed by atoms with E-state index in [-0.39, 0.29) is 89.2 Å². The summed E-state index contributed by atoms with van der Waals surface area (Å²) in [4.78, 5) is 51.1. The lowest BCUT2D eigenvalue weighted by Gasteiger charge is -2.43. The zero-order valence-electron chi connectivity index (χ0n) is 36.3. The van der Waals surface area contributed by atoms with Crippen LogP contribution in [0.1, 0.15) is 65.4 Å². The van der Waals surface area contributed by atoms with E-state index in [1.165, 1.54) is 22.9 Å². The van der Waals surface area contributed by atoms with E-state index in [0.717, 1.165) is 23.8 Å². The first-order chi connectivity index (χ1) is 29.4. The summed E-state index contributed by atoms with van der Waals surface area (Å²) in [7, 11) is 0. The molecule has 0 saturated carbocycles. The number of likely N-dealkylation sites (tertiary alicyclic amines) is 1. The van der Waals surface area contributed by atoms with E-state index in [0.29, 0.717) is 13.2 Å². The minimum atomic E-state index is -1.59. The number of aromatic nitrogens is 2. The lowest BCUT2D eigenvalue weighted by molar-refractivity contribution is -0.147. The van der Waals surface area contributed by atoms with E-state index < -0.39 is 64.8 Å². The number of hydrogen-bond donors (Lipinski definition) is 2. The van der Waals surface area contributed by atoms with Crippen LogP contribution in [0.3, 0.4) is 0 Å². The number of rotatable bonds is 23. The molecule has 1 saturated heterocycles.